The summed E-state index contributed by atoms with van der Waals surface area (Å²) < 4.78 is 47.6. The van der Waals surface area contributed by atoms with Crippen molar-refractivity contribution in [3.8, 4) is 5.75 Å². The van der Waals surface area contributed by atoms with Gasteiger partial charge in [-0.2, -0.15) is 0 Å². The minimum Gasteiger partial charge on any atom is -0.494 e. The zero-order valence-electron chi connectivity index (χ0n) is 22.6. The van der Waals surface area contributed by atoms with E-state index in [-0.39, 0.29) is 29.5 Å². The van der Waals surface area contributed by atoms with Crippen molar-refractivity contribution in [2.75, 3.05) is 24.0 Å². The number of ether oxygens (including phenoxy) is 1. The van der Waals surface area contributed by atoms with Crippen molar-refractivity contribution in [2.24, 2.45) is 0 Å². The normalized spacial score (nSPS) is 11.9. The Labute approximate surface area is 239 Å². The van der Waals surface area contributed by atoms with E-state index in [1.54, 1.807) is 50.2 Å². The molecule has 0 aliphatic heterocycles. The molecule has 3 rings (SSSR count). The van der Waals surface area contributed by atoms with Gasteiger partial charge in [-0.25, -0.2) is 12.8 Å². The first kappa shape index (κ1) is 30.9. The second-order valence-corrected chi connectivity index (χ2v) is 11.1. The second kappa shape index (κ2) is 14.1. The van der Waals surface area contributed by atoms with E-state index in [9.17, 15) is 22.4 Å². The summed E-state index contributed by atoms with van der Waals surface area (Å²) in [5.74, 6) is -1.04. The van der Waals surface area contributed by atoms with Crippen molar-refractivity contribution in [3.63, 3.8) is 0 Å². The first-order valence-electron chi connectivity index (χ1n) is 12.9. The van der Waals surface area contributed by atoms with Gasteiger partial charge >= 0.3 is 0 Å². The van der Waals surface area contributed by atoms with Crippen molar-refractivity contribution < 1.29 is 27.1 Å². The number of amides is 2. The highest BCUT2D eigenvalue weighted by Gasteiger charge is 2.33. The lowest BCUT2D eigenvalue weighted by Crippen LogP contribution is -2.52. The number of rotatable bonds is 13. The maximum Gasteiger partial charge on any atom is 0.264 e. The third-order valence-corrected chi connectivity index (χ3v) is 8.31. The summed E-state index contributed by atoms with van der Waals surface area (Å²) in [5, 5.41) is 3.16. The van der Waals surface area contributed by atoms with Gasteiger partial charge in [-0.15, -0.1) is 0 Å². The summed E-state index contributed by atoms with van der Waals surface area (Å²) in [6.07, 6.45) is 0.287. The molecule has 0 radical (unpaired) electrons. The van der Waals surface area contributed by atoms with E-state index in [1.165, 1.54) is 17.0 Å². The Kier molecular flexibility index (Phi) is 10.9. The number of benzene rings is 3. The van der Waals surface area contributed by atoms with E-state index in [4.69, 9.17) is 16.3 Å². The number of hydrogen-bond donors (Lipinski definition) is 1. The van der Waals surface area contributed by atoms with Crippen LogP contribution in [-0.4, -0.2) is 50.9 Å². The fourth-order valence-corrected chi connectivity index (χ4v) is 5.77. The summed E-state index contributed by atoms with van der Waals surface area (Å²) in [6.45, 7) is 5.52. The van der Waals surface area contributed by atoms with Crippen LogP contribution in [0.2, 0.25) is 5.02 Å². The molecule has 0 spiro atoms. The fraction of sp³-hybridized carbons (Fsp3) is 0.310. The number of halogens is 2. The minimum atomic E-state index is -4.32. The van der Waals surface area contributed by atoms with Crippen molar-refractivity contribution in [1.82, 2.24) is 10.2 Å². The first-order chi connectivity index (χ1) is 19.1. The van der Waals surface area contributed by atoms with Gasteiger partial charge in [-0.1, -0.05) is 36.7 Å². The van der Waals surface area contributed by atoms with E-state index >= 15 is 0 Å². The lowest BCUT2D eigenvalue weighted by Gasteiger charge is -2.33. The van der Waals surface area contributed by atoms with Gasteiger partial charge in [0.05, 0.1) is 17.2 Å². The Balaban J connectivity index is 2.07. The molecule has 8 nitrogen and oxygen atoms in total. The number of nitrogens with one attached hydrogen (secondary N) is 1. The van der Waals surface area contributed by atoms with E-state index in [2.05, 4.69) is 5.32 Å². The molecule has 2 amide bonds. The fourth-order valence-electron chi connectivity index (χ4n) is 4.16. The molecule has 0 saturated heterocycles. The average molecular weight is 590 g/mol. The highest BCUT2D eigenvalue weighted by Crippen LogP contribution is 2.27. The van der Waals surface area contributed by atoms with Gasteiger partial charge in [0.15, 0.2) is 0 Å². The maximum atomic E-state index is 14.0. The van der Waals surface area contributed by atoms with E-state index in [0.717, 1.165) is 28.6 Å². The highest BCUT2D eigenvalue weighted by atomic mass is 35.5. The quantitative estimate of drug-likeness (QED) is 0.302. The van der Waals surface area contributed by atoms with Crippen molar-refractivity contribution in [2.45, 2.75) is 44.7 Å². The van der Waals surface area contributed by atoms with Crippen LogP contribution in [0.5, 0.6) is 5.75 Å². The maximum absolute atomic E-state index is 14.0. The molecule has 40 heavy (non-hydrogen) atoms. The molecule has 3 aromatic carbocycles. The molecule has 0 aromatic heterocycles. The van der Waals surface area contributed by atoms with Crippen LogP contribution >= 0.6 is 11.6 Å². The van der Waals surface area contributed by atoms with E-state index < -0.39 is 34.3 Å². The molecule has 0 fully saturated rings. The molecule has 0 aliphatic carbocycles. The van der Waals surface area contributed by atoms with Gasteiger partial charge < -0.3 is 15.0 Å². The standard InChI is InChI=1S/C29H33ClFN3O5S/c1-4-27(29(36)32-5-2)33(19-21-9-7-8-10-26(21)30)28(35)20-34(23-13-15-24(16-14-23)39-6-3)40(37,38)25-17-11-22(31)12-18-25/h7-18,27H,4-6,19-20H2,1-3H3,(H,32,36). The van der Waals surface area contributed by atoms with Gasteiger partial charge in [-0.3, -0.25) is 13.9 Å². The summed E-state index contributed by atoms with van der Waals surface area (Å²) in [4.78, 5) is 28.1. The van der Waals surface area contributed by atoms with Crippen LogP contribution in [0.3, 0.4) is 0 Å². The van der Waals surface area contributed by atoms with Crippen LogP contribution in [0.15, 0.2) is 77.7 Å². The topological polar surface area (TPSA) is 96.0 Å². The Morgan fingerprint density at radius 2 is 1.62 bits per heavy atom. The Hall–Kier alpha value is -3.63. The number of likely N-dealkylation sites (N-methyl/N-ethyl adjacent to an activating group) is 1. The lowest BCUT2D eigenvalue weighted by atomic mass is 10.1. The van der Waals surface area contributed by atoms with Crippen LogP contribution in [-0.2, 0) is 26.2 Å². The number of nitrogens with zero attached hydrogens (tertiary/aromatic N) is 2. The highest BCUT2D eigenvalue weighted by molar-refractivity contribution is 7.92. The summed E-state index contributed by atoms with van der Waals surface area (Å²) >= 11 is 6.38. The lowest BCUT2D eigenvalue weighted by molar-refractivity contribution is -0.140. The van der Waals surface area contributed by atoms with Gasteiger partial charge in [0.2, 0.25) is 11.8 Å². The summed E-state index contributed by atoms with van der Waals surface area (Å²) in [5.41, 5.74) is 0.805. The van der Waals surface area contributed by atoms with Crippen LogP contribution in [0, 0.1) is 5.82 Å². The summed E-state index contributed by atoms with van der Waals surface area (Å²) in [7, 11) is -4.32. The van der Waals surface area contributed by atoms with E-state index in [0.29, 0.717) is 29.5 Å². The molecule has 1 unspecified atom stereocenters. The number of carbonyl (C=O) groups is 2. The third-order valence-electron chi connectivity index (χ3n) is 6.15. The molecule has 11 heteroatoms. The van der Waals surface area contributed by atoms with Crippen LogP contribution in [0.4, 0.5) is 10.1 Å². The molecule has 3 aromatic rings. The molecule has 214 valence electrons. The summed E-state index contributed by atoms with van der Waals surface area (Å²) in [6, 6.07) is 16.7. The van der Waals surface area contributed by atoms with Gasteiger partial charge in [-0.05, 0) is 80.4 Å². The molecular formula is C29H33ClFN3O5S. The largest absolute Gasteiger partial charge is 0.494 e. The van der Waals surface area contributed by atoms with Crippen molar-refractivity contribution >= 4 is 39.1 Å². The zero-order valence-corrected chi connectivity index (χ0v) is 24.2. The van der Waals surface area contributed by atoms with Crippen LogP contribution in [0.25, 0.3) is 0 Å². The number of sulfonamides is 1. The van der Waals surface area contributed by atoms with Crippen molar-refractivity contribution in [3.05, 3.63) is 89.2 Å². The smallest absolute Gasteiger partial charge is 0.264 e. The zero-order chi connectivity index (χ0) is 29.3. The van der Waals surface area contributed by atoms with Gasteiger partial charge in [0.25, 0.3) is 10.0 Å². The third kappa shape index (κ3) is 7.51. The molecular weight excluding hydrogens is 557 g/mol. The Morgan fingerprint density at radius 1 is 0.975 bits per heavy atom. The Bertz CT molecular complexity index is 1400. The predicted octanol–water partition coefficient (Wildman–Crippen LogP) is 5.02. The SMILES string of the molecule is CCNC(=O)C(CC)N(Cc1ccccc1Cl)C(=O)CN(c1ccc(OCC)cc1)S(=O)(=O)c1ccc(F)cc1. The van der Waals surface area contributed by atoms with E-state index in [1.807, 2.05) is 6.92 Å². The average Bonchev–Trinajstić information content (AvgIpc) is 2.93. The second-order valence-electron chi connectivity index (χ2n) is 8.82. The monoisotopic (exact) mass is 589 g/mol. The van der Waals surface area contributed by atoms with Gasteiger partial charge in [0.1, 0.15) is 24.2 Å². The Morgan fingerprint density at radius 3 is 2.20 bits per heavy atom. The molecule has 1 atom stereocenters. The van der Waals surface area contributed by atoms with Crippen LogP contribution in [0.1, 0.15) is 32.8 Å². The van der Waals surface area contributed by atoms with Gasteiger partial charge in [0, 0.05) is 18.1 Å². The number of carbonyl (C=O) groups excluding carboxylic acids is 2. The molecule has 0 bridgehead atoms. The first-order valence-corrected chi connectivity index (χ1v) is 14.8. The van der Waals surface area contributed by atoms with Crippen LogP contribution < -0.4 is 14.4 Å². The number of hydrogen-bond acceptors (Lipinski definition) is 5. The minimum absolute atomic E-state index is 0.0120. The predicted molar refractivity (Wildman–Crippen MR) is 153 cm³/mol. The molecule has 0 saturated carbocycles. The molecule has 0 heterocycles. The number of anilines is 1. The molecule has 1 N–H and O–H groups in total. The molecule has 0 aliphatic rings. The van der Waals surface area contributed by atoms with Crippen molar-refractivity contribution in [1.29, 1.82) is 0 Å².